The summed E-state index contributed by atoms with van der Waals surface area (Å²) in [6.45, 7) is 2.24. The summed E-state index contributed by atoms with van der Waals surface area (Å²) in [4.78, 5) is 0. The average molecular weight is 219 g/mol. The molecule has 66 valence electrons. The van der Waals surface area contributed by atoms with Crippen LogP contribution < -0.4 is 0 Å². The van der Waals surface area contributed by atoms with Gasteiger partial charge in [0.2, 0.25) is 0 Å². The van der Waals surface area contributed by atoms with Crippen LogP contribution in [0.3, 0.4) is 0 Å². The topological polar surface area (TPSA) is 0 Å². The van der Waals surface area contributed by atoms with Gasteiger partial charge in [-0.15, -0.1) is 0 Å². The minimum Gasteiger partial charge on any atom is -0.0928 e. The molecule has 0 radical (unpaired) electrons. The lowest BCUT2D eigenvalue weighted by atomic mass is 10.2. The number of halogens is 1. The quantitative estimate of drug-likeness (QED) is 0.340. The molecule has 0 aliphatic heterocycles. The molecule has 0 fully saturated rings. The van der Waals surface area contributed by atoms with Crippen LogP contribution in [0.1, 0.15) is 45.4 Å². The summed E-state index contributed by atoms with van der Waals surface area (Å²) in [5.74, 6) is 0. The predicted molar refractivity (Wildman–Crippen MR) is 56.3 cm³/mol. The first kappa shape index (κ1) is 11.2. The number of allylic oxidation sites excluding steroid dienone is 2. The third kappa shape index (κ3) is 10.2. The molecule has 0 saturated heterocycles. The van der Waals surface area contributed by atoms with Crippen molar-refractivity contribution in [1.82, 2.24) is 0 Å². The third-order valence-electron chi connectivity index (χ3n) is 1.65. The highest BCUT2D eigenvalue weighted by molar-refractivity contribution is 9.09. The minimum absolute atomic E-state index is 1.13. The van der Waals surface area contributed by atoms with Gasteiger partial charge in [-0.2, -0.15) is 0 Å². The Morgan fingerprint density at radius 2 is 1.64 bits per heavy atom. The average Bonchev–Trinajstić information content (AvgIpc) is 2.03. The zero-order valence-corrected chi connectivity index (χ0v) is 9.07. The summed E-state index contributed by atoms with van der Waals surface area (Å²) in [6, 6.07) is 0. The fraction of sp³-hybridized carbons (Fsp3) is 0.800. The highest BCUT2D eigenvalue weighted by atomic mass is 79.9. The normalized spacial score (nSPS) is 11.1. The standard InChI is InChI=1S/C10H19Br/c1-2-3-4-5-6-7-8-9-10-11/h6-7H,2-5,8-10H2,1H3/b7-6+. The molecule has 11 heavy (non-hydrogen) atoms. The summed E-state index contributed by atoms with van der Waals surface area (Å²) < 4.78 is 0. The molecule has 0 unspecified atom stereocenters. The molecule has 0 atom stereocenters. The monoisotopic (exact) mass is 218 g/mol. The molecule has 0 spiro atoms. The molecule has 0 rings (SSSR count). The lowest BCUT2D eigenvalue weighted by molar-refractivity contribution is 0.727. The molecular weight excluding hydrogens is 200 g/mol. The van der Waals surface area contributed by atoms with Gasteiger partial charge in [0.25, 0.3) is 0 Å². The van der Waals surface area contributed by atoms with E-state index in [0.29, 0.717) is 0 Å². The zero-order valence-electron chi connectivity index (χ0n) is 7.48. The van der Waals surface area contributed by atoms with Crippen LogP contribution in [-0.4, -0.2) is 5.33 Å². The second-order valence-corrected chi connectivity index (χ2v) is 3.59. The Kier molecular flexibility index (Phi) is 10.4. The van der Waals surface area contributed by atoms with Crippen LogP contribution in [0, 0.1) is 0 Å². The Bertz CT molecular complexity index is 86.9. The number of alkyl halides is 1. The Labute approximate surface area is 79.2 Å². The van der Waals surface area contributed by atoms with E-state index in [1.807, 2.05) is 0 Å². The van der Waals surface area contributed by atoms with Crippen molar-refractivity contribution in [2.24, 2.45) is 0 Å². The van der Waals surface area contributed by atoms with Crippen molar-refractivity contribution in [3.8, 4) is 0 Å². The molecule has 0 aliphatic carbocycles. The molecule has 0 bridgehead atoms. The van der Waals surface area contributed by atoms with Gasteiger partial charge >= 0.3 is 0 Å². The van der Waals surface area contributed by atoms with E-state index in [1.165, 1.54) is 38.5 Å². The van der Waals surface area contributed by atoms with Crippen LogP contribution in [0.15, 0.2) is 12.2 Å². The summed E-state index contributed by atoms with van der Waals surface area (Å²) in [7, 11) is 0. The van der Waals surface area contributed by atoms with E-state index >= 15 is 0 Å². The van der Waals surface area contributed by atoms with Gasteiger partial charge in [0, 0.05) is 5.33 Å². The fourth-order valence-electron chi connectivity index (χ4n) is 0.943. The molecule has 0 aromatic heterocycles. The SMILES string of the molecule is CCCCC/C=C/CCCBr. The van der Waals surface area contributed by atoms with Gasteiger partial charge in [-0.05, 0) is 25.7 Å². The van der Waals surface area contributed by atoms with Gasteiger partial charge in [0.15, 0.2) is 0 Å². The van der Waals surface area contributed by atoms with Gasteiger partial charge in [-0.3, -0.25) is 0 Å². The third-order valence-corrected chi connectivity index (χ3v) is 2.21. The highest BCUT2D eigenvalue weighted by Crippen LogP contribution is 2.01. The zero-order chi connectivity index (χ0) is 8.36. The van der Waals surface area contributed by atoms with Gasteiger partial charge in [0.1, 0.15) is 0 Å². The van der Waals surface area contributed by atoms with Crippen molar-refractivity contribution in [2.75, 3.05) is 5.33 Å². The van der Waals surface area contributed by atoms with E-state index in [1.54, 1.807) is 0 Å². The summed E-state index contributed by atoms with van der Waals surface area (Å²) in [5.41, 5.74) is 0. The van der Waals surface area contributed by atoms with Crippen LogP contribution >= 0.6 is 15.9 Å². The molecule has 0 aromatic carbocycles. The molecule has 0 aliphatic rings. The molecule has 0 nitrogen and oxygen atoms in total. The maximum Gasteiger partial charge on any atom is 0.00342 e. The summed E-state index contributed by atoms with van der Waals surface area (Å²) >= 11 is 3.41. The van der Waals surface area contributed by atoms with Crippen molar-refractivity contribution in [3.63, 3.8) is 0 Å². The van der Waals surface area contributed by atoms with Crippen LogP contribution in [0.4, 0.5) is 0 Å². The largest absolute Gasteiger partial charge is 0.0928 e. The first-order valence-corrected chi connectivity index (χ1v) is 5.75. The highest BCUT2D eigenvalue weighted by Gasteiger charge is 1.81. The van der Waals surface area contributed by atoms with E-state index in [0.717, 1.165) is 5.33 Å². The number of hydrogen-bond donors (Lipinski definition) is 0. The van der Waals surface area contributed by atoms with Crippen molar-refractivity contribution in [2.45, 2.75) is 45.4 Å². The molecule has 0 aromatic rings. The Hall–Kier alpha value is 0.220. The molecule has 1 heteroatoms. The predicted octanol–water partition coefficient (Wildman–Crippen LogP) is 4.30. The van der Waals surface area contributed by atoms with Crippen molar-refractivity contribution in [1.29, 1.82) is 0 Å². The maximum atomic E-state index is 3.41. The van der Waals surface area contributed by atoms with E-state index in [-0.39, 0.29) is 0 Å². The molecule has 0 heterocycles. The lowest BCUT2D eigenvalue weighted by Crippen LogP contribution is -1.72. The van der Waals surface area contributed by atoms with Crippen LogP contribution in [0.2, 0.25) is 0 Å². The first-order chi connectivity index (χ1) is 5.41. The molecule has 0 N–H and O–H groups in total. The number of rotatable bonds is 7. The van der Waals surface area contributed by atoms with Gasteiger partial charge in [-0.25, -0.2) is 0 Å². The van der Waals surface area contributed by atoms with E-state index in [9.17, 15) is 0 Å². The second kappa shape index (κ2) is 10.2. The first-order valence-electron chi connectivity index (χ1n) is 4.62. The Balaban J connectivity index is 2.91. The Morgan fingerprint density at radius 3 is 2.18 bits per heavy atom. The smallest absolute Gasteiger partial charge is 0.00342 e. The summed E-state index contributed by atoms with van der Waals surface area (Å²) in [6.07, 6.45) is 12.5. The van der Waals surface area contributed by atoms with Crippen molar-refractivity contribution < 1.29 is 0 Å². The molecule has 0 amide bonds. The van der Waals surface area contributed by atoms with Crippen LogP contribution in [0.25, 0.3) is 0 Å². The van der Waals surface area contributed by atoms with E-state index in [4.69, 9.17) is 0 Å². The minimum atomic E-state index is 1.13. The molecule has 0 saturated carbocycles. The Morgan fingerprint density at radius 1 is 1.00 bits per heavy atom. The fourth-order valence-corrected chi connectivity index (χ4v) is 1.27. The number of unbranched alkanes of at least 4 members (excludes halogenated alkanes) is 4. The van der Waals surface area contributed by atoms with Crippen LogP contribution in [0.5, 0.6) is 0 Å². The van der Waals surface area contributed by atoms with E-state index in [2.05, 4.69) is 35.0 Å². The summed E-state index contributed by atoms with van der Waals surface area (Å²) in [5, 5.41) is 1.13. The number of hydrogen-bond acceptors (Lipinski definition) is 0. The van der Waals surface area contributed by atoms with Crippen LogP contribution in [-0.2, 0) is 0 Å². The van der Waals surface area contributed by atoms with E-state index < -0.39 is 0 Å². The van der Waals surface area contributed by atoms with Crippen molar-refractivity contribution >= 4 is 15.9 Å². The lowest BCUT2D eigenvalue weighted by Gasteiger charge is -1.91. The molecular formula is C10H19Br. The second-order valence-electron chi connectivity index (χ2n) is 2.80. The van der Waals surface area contributed by atoms with Crippen molar-refractivity contribution in [3.05, 3.63) is 12.2 Å². The van der Waals surface area contributed by atoms with Gasteiger partial charge in [-0.1, -0.05) is 47.8 Å². The van der Waals surface area contributed by atoms with Gasteiger partial charge in [0.05, 0.1) is 0 Å². The van der Waals surface area contributed by atoms with Gasteiger partial charge < -0.3 is 0 Å². The maximum absolute atomic E-state index is 3.41.